The number of aromatic nitrogens is 1. The van der Waals surface area contributed by atoms with Gasteiger partial charge in [-0.05, 0) is 55.1 Å². The number of alkyl halides is 2. The molecule has 5 heteroatoms. The SMILES string of the molecule is FC1(F)CCC(N2CCCCC2c2cccnc2)c2ccc(Br)cc21. The largest absolute Gasteiger partial charge is 0.289 e. The van der Waals surface area contributed by atoms with Crippen molar-refractivity contribution in [1.29, 1.82) is 0 Å². The summed E-state index contributed by atoms with van der Waals surface area (Å²) < 4.78 is 29.7. The zero-order chi connectivity index (χ0) is 17.4. The Morgan fingerprint density at radius 2 is 2.00 bits per heavy atom. The van der Waals surface area contributed by atoms with Gasteiger partial charge >= 0.3 is 0 Å². The lowest BCUT2D eigenvalue weighted by molar-refractivity contribution is -0.0420. The van der Waals surface area contributed by atoms with Gasteiger partial charge in [0.05, 0.1) is 0 Å². The number of hydrogen-bond donors (Lipinski definition) is 0. The molecule has 2 aromatic rings. The second-order valence-electron chi connectivity index (χ2n) is 7.03. The Balaban J connectivity index is 1.73. The van der Waals surface area contributed by atoms with Gasteiger partial charge in [-0.3, -0.25) is 9.88 Å². The van der Waals surface area contributed by atoms with E-state index in [1.54, 1.807) is 12.3 Å². The maximum atomic E-state index is 14.5. The molecule has 0 saturated carbocycles. The fraction of sp³-hybridized carbons (Fsp3) is 0.450. The van der Waals surface area contributed by atoms with Crippen LogP contribution in [0.1, 0.15) is 60.9 Å². The van der Waals surface area contributed by atoms with E-state index < -0.39 is 5.92 Å². The summed E-state index contributed by atoms with van der Waals surface area (Å²) in [7, 11) is 0. The van der Waals surface area contributed by atoms with Crippen molar-refractivity contribution < 1.29 is 8.78 Å². The van der Waals surface area contributed by atoms with Gasteiger partial charge in [-0.25, -0.2) is 8.78 Å². The van der Waals surface area contributed by atoms with E-state index in [2.05, 4.69) is 31.9 Å². The molecule has 1 fully saturated rings. The topological polar surface area (TPSA) is 16.1 Å². The van der Waals surface area contributed by atoms with Crippen LogP contribution in [-0.2, 0) is 5.92 Å². The Morgan fingerprint density at radius 1 is 1.12 bits per heavy atom. The number of piperidine rings is 1. The minimum atomic E-state index is -2.74. The number of likely N-dealkylation sites (tertiary alicyclic amines) is 1. The van der Waals surface area contributed by atoms with Crippen molar-refractivity contribution in [3.05, 3.63) is 63.9 Å². The van der Waals surface area contributed by atoms with Crippen LogP contribution in [0.25, 0.3) is 0 Å². The molecule has 25 heavy (non-hydrogen) atoms. The second-order valence-corrected chi connectivity index (χ2v) is 7.94. The number of nitrogens with zero attached hydrogens (tertiary/aromatic N) is 2. The summed E-state index contributed by atoms with van der Waals surface area (Å²) in [5.74, 6) is -2.74. The first-order chi connectivity index (χ1) is 12.1. The highest BCUT2D eigenvalue weighted by atomic mass is 79.9. The average Bonchev–Trinajstić information content (AvgIpc) is 2.63. The molecule has 2 unspecified atom stereocenters. The highest BCUT2D eigenvalue weighted by Crippen LogP contribution is 2.49. The molecule has 1 saturated heterocycles. The van der Waals surface area contributed by atoms with Crippen molar-refractivity contribution in [2.24, 2.45) is 0 Å². The molecule has 0 amide bonds. The quantitative estimate of drug-likeness (QED) is 0.607. The summed E-state index contributed by atoms with van der Waals surface area (Å²) in [6.07, 6.45) is 7.47. The first-order valence-corrected chi connectivity index (χ1v) is 9.69. The summed E-state index contributed by atoms with van der Waals surface area (Å²) in [5, 5.41) is 0. The number of benzene rings is 1. The molecule has 0 spiro atoms. The summed E-state index contributed by atoms with van der Waals surface area (Å²) in [6, 6.07) is 9.74. The zero-order valence-corrected chi connectivity index (χ0v) is 15.6. The summed E-state index contributed by atoms with van der Waals surface area (Å²) in [5.41, 5.74) is 2.17. The van der Waals surface area contributed by atoms with Crippen LogP contribution in [0, 0.1) is 0 Å². The normalized spacial score (nSPS) is 26.2. The van der Waals surface area contributed by atoms with Gasteiger partial charge in [-0.2, -0.15) is 0 Å². The third-order valence-corrected chi connectivity index (χ3v) is 6.01. The standard InChI is InChI=1S/C20H21BrF2N2/c21-15-6-7-16-17(12-15)20(22,23)9-8-19(16)25-11-2-1-5-18(25)14-4-3-10-24-13-14/h3-4,6-7,10,12-13,18-19H,1-2,5,8-9,11H2. The van der Waals surface area contributed by atoms with Gasteiger partial charge in [0.15, 0.2) is 0 Å². The van der Waals surface area contributed by atoms with Gasteiger partial charge in [0, 0.05) is 40.9 Å². The molecule has 0 radical (unpaired) electrons. The van der Waals surface area contributed by atoms with Gasteiger partial charge < -0.3 is 0 Å². The van der Waals surface area contributed by atoms with Gasteiger partial charge in [-0.15, -0.1) is 0 Å². The van der Waals surface area contributed by atoms with E-state index >= 15 is 0 Å². The van der Waals surface area contributed by atoms with Crippen molar-refractivity contribution >= 4 is 15.9 Å². The maximum Gasteiger partial charge on any atom is 0.273 e. The van der Waals surface area contributed by atoms with Crippen LogP contribution in [0.3, 0.4) is 0 Å². The lowest BCUT2D eigenvalue weighted by Crippen LogP contribution is -2.40. The summed E-state index contributed by atoms with van der Waals surface area (Å²) in [4.78, 5) is 6.70. The van der Waals surface area contributed by atoms with Crippen molar-refractivity contribution in [3.8, 4) is 0 Å². The first-order valence-electron chi connectivity index (χ1n) is 8.90. The first kappa shape index (κ1) is 17.1. The van der Waals surface area contributed by atoms with Crippen molar-refractivity contribution in [1.82, 2.24) is 9.88 Å². The average molecular weight is 407 g/mol. The Morgan fingerprint density at radius 3 is 2.80 bits per heavy atom. The monoisotopic (exact) mass is 406 g/mol. The van der Waals surface area contributed by atoms with Crippen molar-refractivity contribution in [3.63, 3.8) is 0 Å². The Labute approximate surface area is 155 Å². The molecule has 1 aromatic carbocycles. The van der Waals surface area contributed by atoms with Gasteiger partial charge in [0.2, 0.25) is 0 Å². The van der Waals surface area contributed by atoms with E-state index in [1.807, 2.05) is 24.4 Å². The van der Waals surface area contributed by atoms with Crippen LogP contribution in [-0.4, -0.2) is 16.4 Å². The minimum absolute atomic E-state index is 0.0493. The highest BCUT2D eigenvalue weighted by Gasteiger charge is 2.43. The molecule has 2 atom stereocenters. The Bertz CT molecular complexity index is 751. The Hall–Kier alpha value is -1.33. The fourth-order valence-corrected chi connectivity index (χ4v) is 4.71. The van der Waals surface area contributed by atoms with Crippen LogP contribution in [0.4, 0.5) is 8.78 Å². The fourth-order valence-electron chi connectivity index (χ4n) is 4.35. The number of pyridine rings is 1. The van der Waals surface area contributed by atoms with E-state index in [4.69, 9.17) is 0 Å². The Kier molecular flexibility index (Phi) is 4.63. The highest BCUT2D eigenvalue weighted by molar-refractivity contribution is 9.10. The van der Waals surface area contributed by atoms with E-state index in [0.717, 1.165) is 24.9 Å². The van der Waals surface area contributed by atoms with Crippen molar-refractivity contribution in [2.75, 3.05) is 6.54 Å². The lowest BCUT2D eigenvalue weighted by Gasteiger charge is -2.45. The van der Waals surface area contributed by atoms with Crippen LogP contribution in [0.15, 0.2) is 47.2 Å². The van der Waals surface area contributed by atoms with E-state index in [1.165, 1.54) is 12.0 Å². The van der Waals surface area contributed by atoms with Crippen LogP contribution in [0.5, 0.6) is 0 Å². The third-order valence-electron chi connectivity index (χ3n) is 5.51. The summed E-state index contributed by atoms with van der Waals surface area (Å²) >= 11 is 3.35. The molecule has 132 valence electrons. The third kappa shape index (κ3) is 3.24. The molecule has 0 bridgehead atoms. The van der Waals surface area contributed by atoms with Gasteiger partial charge in [0.25, 0.3) is 5.92 Å². The smallest absolute Gasteiger partial charge is 0.273 e. The number of halogens is 3. The molecule has 1 aromatic heterocycles. The molecule has 2 heterocycles. The zero-order valence-electron chi connectivity index (χ0n) is 14.0. The molecule has 4 rings (SSSR count). The number of hydrogen-bond acceptors (Lipinski definition) is 2. The molecule has 1 aliphatic carbocycles. The number of fused-ring (bicyclic) bond motifs is 1. The maximum absolute atomic E-state index is 14.5. The molecule has 2 nitrogen and oxygen atoms in total. The number of rotatable bonds is 2. The predicted molar refractivity (Wildman–Crippen MR) is 97.5 cm³/mol. The van der Waals surface area contributed by atoms with Gasteiger partial charge in [-0.1, -0.05) is 34.5 Å². The van der Waals surface area contributed by atoms with Crippen LogP contribution < -0.4 is 0 Å². The second kappa shape index (κ2) is 6.76. The van der Waals surface area contributed by atoms with Crippen LogP contribution >= 0.6 is 15.9 Å². The molecular weight excluding hydrogens is 386 g/mol. The minimum Gasteiger partial charge on any atom is -0.289 e. The predicted octanol–water partition coefficient (Wildman–Crippen LogP) is 6.00. The lowest BCUT2D eigenvalue weighted by atomic mass is 9.82. The molecular formula is C20H21BrF2N2. The van der Waals surface area contributed by atoms with Crippen LogP contribution in [0.2, 0.25) is 0 Å². The molecule has 0 N–H and O–H groups in total. The van der Waals surface area contributed by atoms with Gasteiger partial charge in [0.1, 0.15) is 0 Å². The van der Waals surface area contributed by atoms with Crippen molar-refractivity contribution in [2.45, 2.75) is 50.1 Å². The molecule has 1 aliphatic heterocycles. The van der Waals surface area contributed by atoms with E-state index in [0.29, 0.717) is 10.9 Å². The van der Waals surface area contributed by atoms with E-state index in [9.17, 15) is 8.78 Å². The summed E-state index contributed by atoms with van der Waals surface area (Å²) in [6.45, 7) is 0.950. The molecule has 2 aliphatic rings. The van der Waals surface area contributed by atoms with E-state index in [-0.39, 0.29) is 24.1 Å².